The molecule has 0 heterocycles. The second kappa shape index (κ2) is 14.3. The SMILES string of the molecule is [2H]c1c(CN)cccc1C(=O)[C@@](C(=O)NCC(=O)O)(C(CCN)C(=O)[C@@H](N)CC(=O)O)N(C)C(=O)C(N)CC. The van der Waals surface area contributed by atoms with Gasteiger partial charge in [0.1, 0.15) is 6.54 Å². The lowest BCUT2D eigenvalue weighted by atomic mass is 9.70. The minimum atomic E-state index is -2.85. The zero-order chi connectivity index (χ0) is 30.1. The van der Waals surface area contributed by atoms with Crippen LogP contribution in [0, 0.1) is 5.92 Å². The van der Waals surface area contributed by atoms with E-state index in [0.29, 0.717) is 4.90 Å². The first-order valence-corrected chi connectivity index (χ1v) is 11.8. The van der Waals surface area contributed by atoms with Gasteiger partial charge in [-0.1, -0.05) is 25.1 Å². The van der Waals surface area contributed by atoms with Crippen LogP contribution < -0.4 is 28.3 Å². The molecular formula is C24H36N6O8. The number of carbonyl (C=O) groups excluding carboxylic acids is 4. The molecule has 0 spiro atoms. The molecule has 0 bridgehead atoms. The van der Waals surface area contributed by atoms with Crippen molar-refractivity contribution >= 4 is 35.3 Å². The first kappa shape index (κ1) is 30.5. The topological polar surface area (TPSA) is 262 Å². The van der Waals surface area contributed by atoms with Gasteiger partial charge in [0.05, 0.1) is 25.8 Å². The Labute approximate surface area is 221 Å². The Balaban J connectivity index is 4.19. The number of carboxylic acids is 2. The van der Waals surface area contributed by atoms with Gasteiger partial charge in [0.2, 0.25) is 5.91 Å². The van der Waals surface area contributed by atoms with Crippen molar-refractivity contribution in [1.29, 1.82) is 0 Å². The number of hydrogen-bond donors (Lipinski definition) is 7. The average Bonchev–Trinajstić information content (AvgIpc) is 2.89. The van der Waals surface area contributed by atoms with Crippen molar-refractivity contribution in [3.05, 3.63) is 35.4 Å². The summed E-state index contributed by atoms with van der Waals surface area (Å²) in [5.74, 6) is -9.44. The number of nitrogens with two attached hydrogens (primary N) is 4. The molecule has 0 saturated carbocycles. The van der Waals surface area contributed by atoms with E-state index in [1.165, 1.54) is 18.2 Å². The van der Waals surface area contributed by atoms with Gasteiger partial charge in [-0.25, -0.2) is 0 Å². The molecule has 0 aliphatic rings. The normalized spacial score (nSPS) is 15.3. The fourth-order valence-electron chi connectivity index (χ4n) is 4.09. The van der Waals surface area contributed by atoms with Gasteiger partial charge in [-0.05, 0) is 31.0 Å². The molecule has 11 N–H and O–H groups in total. The second-order valence-corrected chi connectivity index (χ2v) is 8.61. The Kier molecular flexibility index (Phi) is 11.5. The van der Waals surface area contributed by atoms with Gasteiger partial charge in [0, 0.05) is 19.2 Å². The van der Waals surface area contributed by atoms with Gasteiger partial charge < -0.3 is 43.4 Å². The highest BCUT2D eigenvalue weighted by Gasteiger charge is 2.59. The molecule has 38 heavy (non-hydrogen) atoms. The molecule has 0 radical (unpaired) electrons. The third-order valence-corrected chi connectivity index (χ3v) is 6.09. The predicted molar refractivity (Wildman–Crippen MR) is 135 cm³/mol. The van der Waals surface area contributed by atoms with Crippen molar-refractivity contribution < 1.29 is 40.4 Å². The molecule has 210 valence electrons. The molecular weight excluding hydrogens is 500 g/mol. The van der Waals surface area contributed by atoms with Crippen LogP contribution >= 0.6 is 0 Å². The van der Waals surface area contributed by atoms with E-state index < -0.39 is 89.9 Å². The Hall–Kier alpha value is -3.72. The lowest BCUT2D eigenvalue weighted by Crippen LogP contribution is -2.72. The highest BCUT2D eigenvalue weighted by molar-refractivity contribution is 6.22. The summed E-state index contributed by atoms with van der Waals surface area (Å²) in [6, 6.07) is 0.646. The monoisotopic (exact) mass is 537 g/mol. The molecule has 1 rings (SSSR count). The molecule has 0 saturated heterocycles. The largest absolute Gasteiger partial charge is 0.481 e. The number of Topliss-reactive ketones (excluding diaryl/α,β-unsaturated/α-hetero) is 2. The molecule has 4 atom stereocenters. The van der Waals surface area contributed by atoms with Crippen LogP contribution in [0.5, 0.6) is 0 Å². The van der Waals surface area contributed by atoms with Crippen LogP contribution in [0.2, 0.25) is 0 Å². The standard InChI is InChI=1S/C24H36N6O8/c1-3-16(27)22(37)30(2)24(23(38)29-12-19(33)34,21(36)14-6-4-5-13(9-14)11-26)15(7-8-25)20(35)17(28)10-18(31)32/h4-6,9,15-17H,3,7-8,10-12,25-28H2,1-2H3,(H,29,38)(H,31,32)(H,33,34)/t15?,16?,17-,24+/m0/s1/i9D. The summed E-state index contributed by atoms with van der Waals surface area (Å²) in [5, 5.41) is 20.4. The van der Waals surface area contributed by atoms with E-state index >= 15 is 0 Å². The fourth-order valence-corrected chi connectivity index (χ4v) is 4.09. The number of rotatable bonds is 16. The van der Waals surface area contributed by atoms with Crippen LogP contribution in [-0.2, 0) is 30.5 Å². The van der Waals surface area contributed by atoms with Crippen molar-refractivity contribution in [3.63, 3.8) is 0 Å². The number of carbonyl (C=O) groups is 6. The minimum absolute atomic E-state index is 0.0601. The lowest BCUT2D eigenvalue weighted by Gasteiger charge is -2.45. The van der Waals surface area contributed by atoms with Crippen molar-refractivity contribution in [2.75, 3.05) is 20.1 Å². The second-order valence-electron chi connectivity index (χ2n) is 8.61. The first-order chi connectivity index (χ1) is 18.2. The van der Waals surface area contributed by atoms with Crippen LogP contribution in [0.1, 0.15) is 43.5 Å². The number of amides is 2. The molecule has 2 unspecified atom stereocenters. The number of ketones is 2. The van der Waals surface area contributed by atoms with Crippen LogP contribution in [-0.4, -0.2) is 88.2 Å². The summed E-state index contributed by atoms with van der Waals surface area (Å²) >= 11 is 0. The summed E-state index contributed by atoms with van der Waals surface area (Å²) in [7, 11) is 1.03. The van der Waals surface area contributed by atoms with Crippen LogP contribution in [0.4, 0.5) is 0 Å². The van der Waals surface area contributed by atoms with E-state index in [1.54, 1.807) is 6.92 Å². The van der Waals surface area contributed by atoms with Gasteiger partial charge in [-0.3, -0.25) is 28.8 Å². The van der Waals surface area contributed by atoms with Crippen molar-refractivity contribution in [2.24, 2.45) is 28.9 Å². The Morgan fingerprint density at radius 3 is 2.21 bits per heavy atom. The summed E-state index contributed by atoms with van der Waals surface area (Å²) in [6.07, 6.45) is -1.26. The number of likely N-dealkylation sites (N-methyl/N-ethyl adjacent to an activating group) is 1. The fraction of sp³-hybridized carbons (Fsp3) is 0.500. The average molecular weight is 538 g/mol. The van der Waals surface area contributed by atoms with E-state index in [-0.39, 0.29) is 25.1 Å². The maximum Gasteiger partial charge on any atom is 0.322 e. The summed E-state index contributed by atoms with van der Waals surface area (Å²) < 4.78 is 8.50. The molecule has 0 aliphatic carbocycles. The van der Waals surface area contributed by atoms with Gasteiger partial charge >= 0.3 is 11.9 Å². The van der Waals surface area contributed by atoms with E-state index in [4.69, 9.17) is 24.3 Å². The van der Waals surface area contributed by atoms with Crippen molar-refractivity contribution in [2.45, 2.75) is 50.4 Å². The quantitative estimate of drug-likeness (QED) is 0.0875. The molecule has 1 aromatic rings. The third kappa shape index (κ3) is 7.19. The number of nitrogens with zero attached hydrogens (tertiary/aromatic N) is 1. The van der Waals surface area contributed by atoms with E-state index in [0.717, 1.165) is 7.05 Å². The Morgan fingerprint density at radius 1 is 1.08 bits per heavy atom. The highest BCUT2D eigenvalue weighted by Crippen LogP contribution is 2.34. The van der Waals surface area contributed by atoms with Gasteiger partial charge in [0.25, 0.3) is 5.91 Å². The number of carboxylic acid groups (broad SMARTS) is 2. The van der Waals surface area contributed by atoms with E-state index in [2.05, 4.69) is 5.32 Å². The summed E-state index contributed by atoms with van der Waals surface area (Å²) in [5.41, 5.74) is 20.1. The molecule has 14 nitrogen and oxygen atoms in total. The van der Waals surface area contributed by atoms with Crippen LogP contribution in [0.15, 0.2) is 24.2 Å². The summed E-state index contributed by atoms with van der Waals surface area (Å²) in [4.78, 5) is 78.6. The zero-order valence-electron chi connectivity index (χ0n) is 22.3. The number of nitrogens with one attached hydrogen (secondary N) is 1. The van der Waals surface area contributed by atoms with Gasteiger partial charge in [-0.15, -0.1) is 0 Å². The van der Waals surface area contributed by atoms with Crippen molar-refractivity contribution in [3.8, 4) is 0 Å². The molecule has 0 aliphatic heterocycles. The number of aliphatic carboxylic acids is 2. The van der Waals surface area contributed by atoms with Gasteiger partial charge in [0.15, 0.2) is 17.1 Å². The minimum Gasteiger partial charge on any atom is -0.481 e. The zero-order valence-corrected chi connectivity index (χ0v) is 21.3. The highest BCUT2D eigenvalue weighted by atomic mass is 16.4. The van der Waals surface area contributed by atoms with Crippen LogP contribution in [0.3, 0.4) is 0 Å². The molecule has 2 amide bonds. The molecule has 0 aromatic heterocycles. The Morgan fingerprint density at radius 2 is 1.71 bits per heavy atom. The van der Waals surface area contributed by atoms with E-state index in [1.807, 2.05) is 0 Å². The van der Waals surface area contributed by atoms with Crippen molar-refractivity contribution in [1.82, 2.24) is 10.2 Å². The third-order valence-electron chi connectivity index (χ3n) is 6.09. The Bertz CT molecular complexity index is 1120. The molecule has 0 fully saturated rings. The van der Waals surface area contributed by atoms with E-state index in [9.17, 15) is 39.0 Å². The molecule has 1 aromatic carbocycles. The van der Waals surface area contributed by atoms with Crippen LogP contribution in [0.25, 0.3) is 0 Å². The lowest BCUT2D eigenvalue weighted by molar-refractivity contribution is -0.152. The maximum absolute atomic E-state index is 14.4. The maximum atomic E-state index is 14.4. The smallest absolute Gasteiger partial charge is 0.322 e. The van der Waals surface area contributed by atoms with Gasteiger partial charge in [-0.2, -0.15) is 0 Å². The molecule has 14 heteroatoms. The summed E-state index contributed by atoms with van der Waals surface area (Å²) in [6.45, 7) is 0.0670. The first-order valence-electron chi connectivity index (χ1n) is 12.3. The predicted octanol–water partition coefficient (Wildman–Crippen LogP) is -2.20. The number of benzene rings is 1. The number of hydrogen-bond acceptors (Lipinski definition) is 10.